The standard InChI is InChI=1S/C15H26O2/c1-11(2)6-5-7-12(3)13-8-9-15(4,17)14(16)10-13/h6,13-14,16-17H,3,5,7-10H2,1-2,4H3. The molecule has 0 aromatic heterocycles. The average molecular weight is 238 g/mol. The number of aliphatic hydroxyl groups excluding tert-OH is 1. The molecule has 17 heavy (non-hydrogen) atoms. The zero-order valence-corrected chi connectivity index (χ0v) is 11.4. The van der Waals surface area contributed by atoms with Crippen molar-refractivity contribution in [3.8, 4) is 0 Å². The lowest BCUT2D eigenvalue weighted by molar-refractivity contribution is -0.0955. The molecular weight excluding hydrogens is 212 g/mol. The summed E-state index contributed by atoms with van der Waals surface area (Å²) in [5, 5.41) is 19.8. The highest BCUT2D eigenvalue weighted by Crippen LogP contribution is 2.36. The molecule has 0 heterocycles. The van der Waals surface area contributed by atoms with Gasteiger partial charge in [-0.15, -0.1) is 0 Å². The third-order valence-electron chi connectivity index (χ3n) is 3.82. The van der Waals surface area contributed by atoms with Crippen molar-refractivity contribution >= 4 is 0 Å². The van der Waals surface area contributed by atoms with Gasteiger partial charge in [0.25, 0.3) is 0 Å². The van der Waals surface area contributed by atoms with E-state index in [0.29, 0.717) is 18.8 Å². The maximum Gasteiger partial charge on any atom is 0.0877 e. The van der Waals surface area contributed by atoms with Crippen LogP contribution < -0.4 is 0 Å². The number of allylic oxidation sites excluding steroid dienone is 3. The molecule has 0 saturated heterocycles. The predicted octanol–water partition coefficient (Wildman–Crippen LogP) is 3.20. The van der Waals surface area contributed by atoms with E-state index in [4.69, 9.17) is 0 Å². The molecule has 1 rings (SSSR count). The number of hydrogen-bond donors (Lipinski definition) is 2. The monoisotopic (exact) mass is 238 g/mol. The fourth-order valence-corrected chi connectivity index (χ4v) is 2.40. The lowest BCUT2D eigenvalue weighted by Gasteiger charge is -2.38. The van der Waals surface area contributed by atoms with Gasteiger partial charge in [-0.2, -0.15) is 0 Å². The topological polar surface area (TPSA) is 40.5 Å². The van der Waals surface area contributed by atoms with Crippen LogP contribution in [-0.2, 0) is 0 Å². The highest BCUT2D eigenvalue weighted by atomic mass is 16.3. The zero-order valence-electron chi connectivity index (χ0n) is 11.4. The van der Waals surface area contributed by atoms with Gasteiger partial charge in [0, 0.05) is 0 Å². The largest absolute Gasteiger partial charge is 0.390 e. The normalized spacial score (nSPS) is 33.2. The maximum atomic E-state index is 9.90. The predicted molar refractivity (Wildman–Crippen MR) is 71.8 cm³/mol. The van der Waals surface area contributed by atoms with E-state index in [1.54, 1.807) is 6.92 Å². The van der Waals surface area contributed by atoms with Crippen molar-refractivity contribution in [2.75, 3.05) is 0 Å². The lowest BCUT2D eigenvalue weighted by Crippen LogP contribution is -2.44. The van der Waals surface area contributed by atoms with Crippen LogP contribution in [0.15, 0.2) is 23.8 Å². The Bertz CT molecular complexity index is 298. The van der Waals surface area contributed by atoms with Crippen molar-refractivity contribution in [1.82, 2.24) is 0 Å². The number of aliphatic hydroxyl groups is 2. The smallest absolute Gasteiger partial charge is 0.0877 e. The molecular formula is C15H26O2. The van der Waals surface area contributed by atoms with E-state index in [0.717, 1.165) is 19.3 Å². The van der Waals surface area contributed by atoms with Gasteiger partial charge in [-0.05, 0) is 58.8 Å². The summed E-state index contributed by atoms with van der Waals surface area (Å²) in [5.41, 5.74) is 1.65. The molecule has 0 radical (unpaired) electrons. The van der Waals surface area contributed by atoms with Gasteiger partial charge in [-0.25, -0.2) is 0 Å². The SMILES string of the molecule is C=C(CCC=C(C)C)C1CCC(C)(O)C(O)C1. The van der Waals surface area contributed by atoms with Crippen LogP contribution in [0.2, 0.25) is 0 Å². The Labute approximate surface area is 105 Å². The maximum absolute atomic E-state index is 9.90. The quantitative estimate of drug-likeness (QED) is 0.738. The van der Waals surface area contributed by atoms with Crippen molar-refractivity contribution in [2.24, 2.45) is 5.92 Å². The van der Waals surface area contributed by atoms with Gasteiger partial charge in [0.1, 0.15) is 0 Å². The Kier molecular flexibility index (Phi) is 4.96. The van der Waals surface area contributed by atoms with Crippen LogP contribution in [0.3, 0.4) is 0 Å². The molecule has 0 aromatic rings. The van der Waals surface area contributed by atoms with Crippen molar-refractivity contribution in [3.05, 3.63) is 23.8 Å². The summed E-state index contributed by atoms with van der Waals surface area (Å²) in [6.07, 6.45) is 5.90. The summed E-state index contributed by atoms with van der Waals surface area (Å²) < 4.78 is 0. The second-order valence-electron chi connectivity index (χ2n) is 5.82. The molecule has 1 fully saturated rings. The zero-order chi connectivity index (χ0) is 13.1. The first-order valence-electron chi connectivity index (χ1n) is 6.54. The fourth-order valence-electron chi connectivity index (χ4n) is 2.40. The molecule has 0 aliphatic heterocycles. The first-order chi connectivity index (χ1) is 7.83. The molecule has 2 heteroatoms. The summed E-state index contributed by atoms with van der Waals surface area (Å²) in [6.45, 7) is 10.1. The highest BCUT2D eigenvalue weighted by molar-refractivity contribution is 5.07. The van der Waals surface area contributed by atoms with E-state index in [2.05, 4.69) is 26.5 Å². The molecule has 98 valence electrons. The molecule has 3 unspecified atom stereocenters. The minimum atomic E-state index is -0.906. The third-order valence-corrected chi connectivity index (χ3v) is 3.82. The summed E-state index contributed by atoms with van der Waals surface area (Å²) in [7, 11) is 0. The van der Waals surface area contributed by atoms with Crippen LogP contribution in [0.5, 0.6) is 0 Å². The summed E-state index contributed by atoms with van der Waals surface area (Å²) in [6, 6.07) is 0. The fraction of sp³-hybridized carbons (Fsp3) is 0.733. The van der Waals surface area contributed by atoms with Gasteiger partial charge in [-0.1, -0.05) is 23.8 Å². The van der Waals surface area contributed by atoms with Gasteiger partial charge >= 0.3 is 0 Å². The Morgan fingerprint density at radius 3 is 2.65 bits per heavy atom. The molecule has 0 bridgehead atoms. The highest BCUT2D eigenvalue weighted by Gasteiger charge is 2.37. The van der Waals surface area contributed by atoms with E-state index in [1.165, 1.54) is 11.1 Å². The Hall–Kier alpha value is -0.600. The molecule has 1 saturated carbocycles. The van der Waals surface area contributed by atoms with Crippen LogP contribution in [0, 0.1) is 5.92 Å². The Balaban J connectivity index is 2.42. The van der Waals surface area contributed by atoms with Crippen LogP contribution in [0.4, 0.5) is 0 Å². The van der Waals surface area contributed by atoms with E-state index in [9.17, 15) is 10.2 Å². The van der Waals surface area contributed by atoms with Crippen LogP contribution in [-0.4, -0.2) is 21.9 Å². The molecule has 3 atom stereocenters. The van der Waals surface area contributed by atoms with Crippen molar-refractivity contribution in [1.29, 1.82) is 0 Å². The average Bonchev–Trinajstić information content (AvgIpc) is 2.21. The van der Waals surface area contributed by atoms with Crippen LogP contribution in [0.1, 0.15) is 52.9 Å². The summed E-state index contributed by atoms with van der Waals surface area (Å²) in [4.78, 5) is 0. The Morgan fingerprint density at radius 2 is 2.12 bits per heavy atom. The van der Waals surface area contributed by atoms with E-state index < -0.39 is 11.7 Å². The van der Waals surface area contributed by atoms with Crippen molar-refractivity contribution < 1.29 is 10.2 Å². The summed E-state index contributed by atoms with van der Waals surface area (Å²) in [5.74, 6) is 0.371. The van der Waals surface area contributed by atoms with Gasteiger partial charge in [0.05, 0.1) is 11.7 Å². The summed E-state index contributed by atoms with van der Waals surface area (Å²) >= 11 is 0. The molecule has 2 N–H and O–H groups in total. The van der Waals surface area contributed by atoms with Crippen molar-refractivity contribution in [2.45, 2.75) is 64.6 Å². The Morgan fingerprint density at radius 1 is 1.47 bits per heavy atom. The van der Waals surface area contributed by atoms with Crippen LogP contribution in [0.25, 0.3) is 0 Å². The molecule has 1 aliphatic carbocycles. The van der Waals surface area contributed by atoms with Crippen molar-refractivity contribution in [3.63, 3.8) is 0 Å². The minimum Gasteiger partial charge on any atom is -0.390 e. The minimum absolute atomic E-state index is 0.371. The molecule has 0 spiro atoms. The van der Waals surface area contributed by atoms with Gasteiger partial charge < -0.3 is 10.2 Å². The van der Waals surface area contributed by atoms with Gasteiger partial charge in [-0.3, -0.25) is 0 Å². The van der Waals surface area contributed by atoms with E-state index in [1.807, 2.05) is 0 Å². The second kappa shape index (κ2) is 5.83. The molecule has 0 aromatic carbocycles. The first kappa shape index (κ1) is 14.5. The van der Waals surface area contributed by atoms with Crippen LogP contribution >= 0.6 is 0 Å². The molecule has 2 nitrogen and oxygen atoms in total. The van der Waals surface area contributed by atoms with Gasteiger partial charge in [0.15, 0.2) is 0 Å². The molecule has 1 aliphatic rings. The number of hydrogen-bond acceptors (Lipinski definition) is 2. The first-order valence-corrected chi connectivity index (χ1v) is 6.54. The second-order valence-corrected chi connectivity index (χ2v) is 5.82. The van der Waals surface area contributed by atoms with E-state index in [-0.39, 0.29) is 0 Å². The number of rotatable bonds is 4. The van der Waals surface area contributed by atoms with Gasteiger partial charge in [0.2, 0.25) is 0 Å². The third kappa shape index (κ3) is 4.29. The van der Waals surface area contributed by atoms with E-state index >= 15 is 0 Å². The molecule has 0 amide bonds. The lowest BCUT2D eigenvalue weighted by atomic mass is 9.74.